The lowest BCUT2D eigenvalue weighted by Gasteiger charge is -2.05. The number of rotatable bonds is 3. The molecule has 0 rings (SSSR count). The lowest BCUT2D eigenvalue weighted by Crippen LogP contribution is -2.32. The molecular formula is C4H8O6S. The van der Waals surface area contributed by atoms with Gasteiger partial charge in [-0.15, -0.1) is 0 Å². The molecule has 11 heavy (non-hydrogen) atoms. The van der Waals surface area contributed by atoms with Crippen LogP contribution in [0.4, 0.5) is 0 Å². The summed E-state index contributed by atoms with van der Waals surface area (Å²) in [5.74, 6) is -2.59. The quantitative estimate of drug-likeness (QED) is 0.484. The van der Waals surface area contributed by atoms with Crippen LogP contribution in [0, 0.1) is 0 Å². The summed E-state index contributed by atoms with van der Waals surface area (Å²) in [7, 11) is -3.24. The van der Waals surface area contributed by atoms with Crippen molar-refractivity contribution < 1.29 is 28.2 Å². The molecule has 0 aliphatic rings. The normalized spacial score (nSPS) is 14.1. The summed E-state index contributed by atoms with van der Waals surface area (Å²) in [5, 5.41) is 16.8. The molecule has 0 radical (unpaired) electrons. The first kappa shape index (κ1) is 10.3. The molecule has 0 saturated heterocycles. The van der Waals surface area contributed by atoms with Gasteiger partial charge < -0.3 is 14.9 Å². The summed E-state index contributed by atoms with van der Waals surface area (Å²) < 4.78 is 24.9. The number of hydrogen-bond donors (Lipinski definition) is 2. The molecule has 0 aliphatic heterocycles. The molecule has 0 aromatic heterocycles. The van der Waals surface area contributed by atoms with E-state index in [1.54, 1.807) is 0 Å². The Labute approximate surface area is 63.3 Å². The molecule has 0 saturated carbocycles. The maximum absolute atomic E-state index is 10.5. The highest BCUT2D eigenvalue weighted by Gasteiger charge is 2.30. The van der Waals surface area contributed by atoms with Crippen molar-refractivity contribution >= 4 is 15.8 Å². The summed E-state index contributed by atoms with van der Waals surface area (Å²) in [6.45, 7) is 0. The number of ether oxygens (including phenoxy) is 1. The first-order valence-corrected chi connectivity index (χ1v) is 4.25. The maximum atomic E-state index is 10.5. The van der Waals surface area contributed by atoms with Crippen LogP contribution in [0.2, 0.25) is 0 Å². The minimum Gasteiger partial charge on any atom is -0.466 e. The number of carbonyl (C=O) groups excluding carboxylic acids is 1. The van der Waals surface area contributed by atoms with Gasteiger partial charge in [0.25, 0.3) is 5.44 Å². The third-order valence-electron chi connectivity index (χ3n) is 0.923. The molecule has 0 heterocycles. The number of carbonyl (C=O) groups is 1. The average Bonchev–Trinajstić information content (AvgIpc) is 2.01. The van der Waals surface area contributed by atoms with E-state index < -0.39 is 27.2 Å². The van der Waals surface area contributed by atoms with Crippen LogP contribution in [0.25, 0.3) is 0 Å². The molecule has 0 fully saturated rings. The van der Waals surface area contributed by atoms with Gasteiger partial charge in [-0.2, -0.15) is 0 Å². The third-order valence-corrected chi connectivity index (χ3v) is 2.16. The zero-order valence-corrected chi connectivity index (χ0v) is 6.54. The van der Waals surface area contributed by atoms with Crippen molar-refractivity contribution in [3.63, 3.8) is 0 Å². The van der Waals surface area contributed by atoms with Crippen LogP contribution in [0.15, 0.2) is 0 Å². The van der Waals surface area contributed by atoms with Gasteiger partial charge in [0, 0.05) is 0 Å². The Bertz CT molecular complexity index is 229. The van der Waals surface area contributed by atoms with Gasteiger partial charge >= 0.3 is 5.97 Å². The van der Waals surface area contributed by atoms with Crippen molar-refractivity contribution in [2.24, 2.45) is 0 Å². The molecule has 66 valence electrons. The molecule has 7 heteroatoms. The lowest BCUT2D eigenvalue weighted by atomic mass is 10.7. The topological polar surface area (TPSA) is 101 Å². The van der Waals surface area contributed by atoms with E-state index in [9.17, 15) is 13.2 Å². The molecule has 0 bridgehead atoms. The molecular weight excluding hydrogens is 176 g/mol. The number of aliphatic hydroxyl groups excluding tert-OH is 2. The number of esters is 1. The predicted molar refractivity (Wildman–Crippen MR) is 34.0 cm³/mol. The van der Waals surface area contributed by atoms with E-state index in [-0.39, 0.29) is 0 Å². The zero-order chi connectivity index (χ0) is 9.07. The van der Waals surface area contributed by atoms with Crippen molar-refractivity contribution in [3.8, 4) is 0 Å². The highest BCUT2D eigenvalue weighted by molar-refractivity contribution is 7.92. The second-order valence-corrected chi connectivity index (χ2v) is 3.70. The minimum absolute atomic E-state index is 0.929. The Balaban J connectivity index is 4.49. The van der Waals surface area contributed by atoms with Crippen LogP contribution >= 0.6 is 0 Å². The highest BCUT2D eigenvalue weighted by atomic mass is 32.2. The minimum atomic E-state index is -4.17. The fraction of sp³-hybridized carbons (Fsp3) is 0.750. The van der Waals surface area contributed by atoms with Crippen LogP contribution in [-0.2, 0) is 19.4 Å². The standard InChI is InChI=1S/C4H8O6S/c1-10-3(6)4(7)11(8,9)2-5/h4-5,7H,2H2,1H3. The van der Waals surface area contributed by atoms with Crippen LogP contribution in [0.1, 0.15) is 0 Å². The molecule has 0 aromatic carbocycles. The van der Waals surface area contributed by atoms with Gasteiger partial charge in [-0.25, -0.2) is 13.2 Å². The van der Waals surface area contributed by atoms with Gasteiger partial charge in [-0.3, -0.25) is 0 Å². The highest BCUT2D eigenvalue weighted by Crippen LogP contribution is 1.98. The van der Waals surface area contributed by atoms with Crippen molar-refractivity contribution in [2.45, 2.75) is 5.44 Å². The molecule has 1 unspecified atom stereocenters. The van der Waals surface area contributed by atoms with E-state index in [1.165, 1.54) is 0 Å². The van der Waals surface area contributed by atoms with Crippen LogP contribution in [0.5, 0.6) is 0 Å². The van der Waals surface area contributed by atoms with Gasteiger partial charge in [0.05, 0.1) is 7.11 Å². The second kappa shape index (κ2) is 3.65. The number of sulfone groups is 1. The number of aliphatic hydroxyl groups is 2. The molecule has 0 aliphatic carbocycles. The maximum Gasteiger partial charge on any atom is 0.350 e. The van der Waals surface area contributed by atoms with E-state index >= 15 is 0 Å². The van der Waals surface area contributed by atoms with Gasteiger partial charge in [0.2, 0.25) is 9.84 Å². The molecule has 1 atom stereocenters. The van der Waals surface area contributed by atoms with Crippen molar-refractivity contribution in [1.82, 2.24) is 0 Å². The van der Waals surface area contributed by atoms with E-state index in [1.807, 2.05) is 0 Å². The first-order chi connectivity index (χ1) is 4.95. The largest absolute Gasteiger partial charge is 0.466 e. The van der Waals surface area contributed by atoms with Crippen molar-refractivity contribution in [1.29, 1.82) is 0 Å². The van der Waals surface area contributed by atoms with E-state index in [0.717, 1.165) is 7.11 Å². The Kier molecular flexibility index (Phi) is 3.43. The summed E-state index contributed by atoms with van der Waals surface area (Å²) in [6.07, 6.45) is 0. The number of hydrogen-bond acceptors (Lipinski definition) is 6. The SMILES string of the molecule is COC(=O)C(O)S(=O)(=O)CO. The molecule has 0 aromatic rings. The summed E-state index contributed by atoms with van der Waals surface area (Å²) in [6, 6.07) is 0. The lowest BCUT2D eigenvalue weighted by molar-refractivity contribution is -0.146. The van der Waals surface area contributed by atoms with Gasteiger partial charge in [-0.1, -0.05) is 0 Å². The summed E-state index contributed by atoms with van der Waals surface area (Å²) >= 11 is 0. The van der Waals surface area contributed by atoms with Crippen LogP contribution < -0.4 is 0 Å². The fourth-order valence-corrected chi connectivity index (χ4v) is 0.849. The van der Waals surface area contributed by atoms with Gasteiger partial charge in [-0.05, 0) is 0 Å². The first-order valence-electron chi connectivity index (χ1n) is 2.54. The van der Waals surface area contributed by atoms with E-state index in [4.69, 9.17) is 10.2 Å². The predicted octanol–water partition coefficient (Wildman–Crippen LogP) is -2.16. The van der Waals surface area contributed by atoms with Crippen LogP contribution in [0.3, 0.4) is 0 Å². The van der Waals surface area contributed by atoms with Crippen molar-refractivity contribution in [3.05, 3.63) is 0 Å². The average molecular weight is 184 g/mol. The zero-order valence-electron chi connectivity index (χ0n) is 5.72. The molecule has 0 spiro atoms. The summed E-state index contributed by atoms with van der Waals surface area (Å²) in [4.78, 5) is 10.4. The Morgan fingerprint density at radius 1 is 1.64 bits per heavy atom. The smallest absolute Gasteiger partial charge is 0.350 e. The van der Waals surface area contributed by atoms with E-state index in [0.29, 0.717) is 0 Å². The second-order valence-electron chi connectivity index (χ2n) is 1.67. The van der Waals surface area contributed by atoms with Crippen molar-refractivity contribution in [2.75, 3.05) is 13.0 Å². The van der Waals surface area contributed by atoms with E-state index in [2.05, 4.69) is 4.74 Å². The Hall–Kier alpha value is -0.660. The van der Waals surface area contributed by atoms with Gasteiger partial charge in [0.15, 0.2) is 0 Å². The Morgan fingerprint density at radius 2 is 2.09 bits per heavy atom. The fourth-order valence-electron chi connectivity index (χ4n) is 0.318. The molecule has 0 amide bonds. The summed E-state index contributed by atoms with van der Waals surface area (Å²) in [5.41, 5.74) is -2.29. The third kappa shape index (κ3) is 2.45. The molecule has 2 N–H and O–H groups in total. The molecule has 6 nitrogen and oxygen atoms in total. The van der Waals surface area contributed by atoms with Crippen LogP contribution in [-0.4, -0.2) is 43.1 Å². The monoisotopic (exact) mass is 184 g/mol. The Morgan fingerprint density at radius 3 is 2.36 bits per heavy atom. The number of methoxy groups -OCH3 is 1. The van der Waals surface area contributed by atoms with Gasteiger partial charge in [0.1, 0.15) is 5.94 Å².